The van der Waals surface area contributed by atoms with E-state index in [4.69, 9.17) is 30.0 Å². The fourth-order valence-electron chi connectivity index (χ4n) is 4.24. The zero-order valence-electron chi connectivity index (χ0n) is 21.5. The Labute approximate surface area is 225 Å². The molecular formula is C24H31F6N5O5. The predicted octanol–water partition coefficient (Wildman–Crippen LogP) is 4.14. The predicted molar refractivity (Wildman–Crippen MR) is 130 cm³/mol. The largest absolute Gasteiger partial charge is 0.490 e. The Balaban J connectivity index is 0.000000333. The van der Waals surface area contributed by atoms with Crippen LogP contribution < -0.4 is 16.0 Å². The van der Waals surface area contributed by atoms with E-state index >= 15 is 0 Å². The highest BCUT2D eigenvalue weighted by Crippen LogP contribution is 2.26. The molecule has 1 aliphatic carbocycles. The Morgan fingerprint density at radius 1 is 0.950 bits per heavy atom. The third kappa shape index (κ3) is 10.6. The molecule has 16 heteroatoms. The lowest BCUT2D eigenvalue weighted by atomic mass is 9.89. The van der Waals surface area contributed by atoms with Crippen LogP contribution in [0.3, 0.4) is 0 Å². The maximum Gasteiger partial charge on any atom is 0.490 e. The molecule has 1 saturated heterocycles. The number of rotatable bonds is 4. The van der Waals surface area contributed by atoms with Crippen molar-refractivity contribution in [3.8, 4) is 11.5 Å². The van der Waals surface area contributed by atoms with Crippen molar-refractivity contribution in [3.05, 3.63) is 30.2 Å². The number of benzene rings is 1. The molecule has 0 spiro atoms. The summed E-state index contributed by atoms with van der Waals surface area (Å²) in [5.41, 5.74) is 8.54. The molecule has 1 saturated carbocycles. The van der Waals surface area contributed by atoms with Crippen molar-refractivity contribution in [1.29, 1.82) is 0 Å². The van der Waals surface area contributed by atoms with Gasteiger partial charge in [-0.25, -0.2) is 9.59 Å². The number of halogens is 6. The molecule has 2 aliphatic rings. The van der Waals surface area contributed by atoms with Crippen LogP contribution in [0.25, 0.3) is 11.5 Å². The molecule has 2 fully saturated rings. The monoisotopic (exact) mass is 583 g/mol. The lowest BCUT2D eigenvalue weighted by Crippen LogP contribution is -2.55. The molecule has 0 bridgehead atoms. The number of piperidine rings is 1. The molecule has 1 unspecified atom stereocenters. The van der Waals surface area contributed by atoms with Crippen LogP contribution in [0.2, 0.25) is 0 Å². The Kier molecular flexibility index (Phi) is 11.7. The van der Waals surface area contributed by atoms with E-state index in [1.165, 1.54) is 37.8 Å². The number of aryl methyl sites for hydroxylation is 1. The Bertz CT molecular complexity index is 1070. The first-order chi connectivity index (χ1) is 18.6. The second-order valence-electron chi connectivity index (χ2n) is 9.29. The minimum absolute atomic E-state index is 0.316. The van der Waals surface area contributed by atoms with E-state index in [1.807, 2.05) is 6.92 Å². The maximum atomic E-state index is 10.6. The van der Waals surface area contributed by atoms with E-state index in [9.17, 15) is 26.3 Å². The molecule has 1 aromatic carbocycles. The minimum Gasteiger partial charge on any atom is -0.475 e. The number of carboxylic acids is 2. The van der Waals surface area contributed by atoms with Gasteiger partial charge in [0.2, 0.25) is 11.8 Å². The topological polar surface area (TPSA) is 155 Å². The summed E-state index contributed by atoms with van der Waals surface area (Å²) in [5.74, 6) is -4.34. The van der Waals surface area contributed by atoms with Crippen molar-refractivity contribution in [2.75, 3.05) is 18.0 Å². The van der Waals surface area contributed by atoms with Crippen LogP contribution in [0.4, 0.5) is 32.0 Å². The number of nitrogens with zero attached hydrogens (tertiary/aromatic N) is 3. The van der Waals surface area contributed by atoms with Gasteiger partial charge in [0, 0.05) is 49.4 Å². The number of carbonyl (C=O) groups is 2. The average Bonchev–Trinajstić information content (AvgIpc) is 3.31. The first-order valence-corrected chi connectivity index (χ1v) is 12.3. The van der Waals surface area contributed by atoms with Crippen LogP contribution in [0.1, 0.15) is 44.4 Å². The van der Waals surface area contributed by atoms with Gasteiger partial charge in [-0.1, -0.05) is 12.8 Å². The van der Waals surface area contributed by atoms with Gasteiger partial charge in [-0.05, 0) is 49.9 Å². The van der Waals surface area contributed by atoms with Gasteiger partial charge in [-0.2, -0.15) is 26.3 Å². The molecule has 224 valence electrons. The van der Waals surface area contributed by atoms with E-state index in [2.05, 4.69) is 44.7 Å². The normalized spacial score (nSPS) is 21.4. The SMILES string of the molecule is Cc1nnc(-c2ccc(N3CCCC(N[C@@H]4CCCC[C@H]4N)C3)cc2)o1.O=C(O)C(F)(F)F.O=C(O)C(F)(F)F. The molecule has 2 heterocycles. The quantitative estimate of drug-likeness (QED) is 0.386. The van der Waals surface area contributed by atoms with Gasteiger partial charge in [-0.3, -0.25) is 0 Å². The van der Waals surface area contributed by atoms with E-state index in [0.29, 0.717) is 29.9 Å². The molecule has 40 heavy (non-hydrogen) atoms. The van der Waals surface area contributed by atoms with Crippen LogP contribution >= 0.6 is 0 Å². The van der Waals surface area contributed by atoms with Gasteiger partial charge in [0.05, 0.1) is 0 Å². The Hall–Kier alpha value is -3.40. The summed E-state index contributed by atoms with van der Waals surface area (Å²) in [6.45, 7) is 3.96. The molecule has 0 amide bonds. The van der Waals surface area contributed by atoms with Crippen molar-refractivity contribution in [1.82, 2.24) is 15.5 Å². The number of aliphatic carboxylic acids is 2. The highest BCUT2D eigenvalue weighted by Gasteiger charge is 2.39. The van der Waals surface area contributed by atoms with E-state index < -0.39 is 24.3 Å². The summed E-state index contributed by atoms with van der Waals surface area (Å²) < 4.78 is 69.0. The molecular weight excluding hydrogens is 552 g/mol. The minimum atomic E-state index is -5.08. The van der Waals surface area contributed by atoms with Gasteiger partial charge >= 0.3 is 24.3 Å². The highest BCUT2D eigenvalue weighted by molar-refractivity contribution is 5.73. The lowest BCUT2D eigenvalue weighted by molar-refractivity contribution is -0.193. The molecule has 1 aromatic heterocycles. The zero-order chi connectivity index (χ0) is 30.1. The number of hydrogen-bond acceptors (Lipinski definition) is 8. The van der Waals surface area contributed by atoms with Crippen LogP contribution in [0.5, 0.6) is 0 Å². The standard InChI is InChI=1S/C20H29N5O.2C2HF3O2/c1-14-23-24-20(26-14)15-8-10-17(11-9-15)25-12-4-5-16(13-25)22-19-7-3-2-6-18(19)21;2*3-2(4,5)1(6)7/h8-11,16,18-19,22H,2-7,12-13,21H2,1H3;2*(H,6,7)/t16?,18-,19-;;/m1../s1. The molecule has 5 N–H and O–H groups in total. The summed E-state index contributed by atoms with van der Waals surface area (Å²) >= 11 is 0. The lowest BCUT2D eigenvalue weighted by Gasteiger charge is -2.39. The fourth-order valence-corrected chi connectivity index (χ4v) is 4.24. The van der Waals surface area contributed by atoms with Crippen LogP contribution in [0, 0.1) is 6.92 Å². The van der Waals surface area contributed by atoms with Gasteiger partial charge in [0.15, 0.2) is 0 Å². The van der Waals surface area contributed by atoms with Crippen LogP contribution in [-0.4, -0.2) is 75.9 Å². The number of nitrogens with two attached hydrogens (primary N) is 1. The van der Waals surface area contributed by atoms with Crippen LogP contribution in [-0.2, 0) is 9.59 Å². The Morgan fingerprint density at radius 2 is 1.50 bits per heavy atom. The number of hydrogen-bond donors (Lipinski definition) is 4. The van der Waals surface area contributed by atoms with E-state index in [-0.39, 0.29) is 0 Å². The Morgan fingerprint density at radius 3 is 1.98 bits per heavy atom. The zero-order valence-corrected chi connectivity index (χ0v) is 21.5. The van der Waals surface area contributed by atoms with Crippen LogP contribution in [0.15, 0.2) is 28.7 Å². The van der Waals surface area contributed by atoms with Crippen molar-refractivity contribution in [2.45, 2.75) is 75.9 Å². The summed E-state index contributed by atoms with van der Waals surface area (Å²) in [6.07, 6.45) is -2.76. The van der Waals surface area contributed by atoms with E-state index in [0.717, 1.165) is 25.1 Å². The van der Waals surface area contributed by atoms with Crippen molar-refractivity contribution in [3.63, 3.8) is 0 Å². The summed E-state index contributed by atoms with van der Waals surface area (Å²) in [7, 11) is 0. The maximum absolute atomic E-state index is 10.6. The molecule has 0 radical (unpaired) electrons. The van der Waals surface area contributed by atoms with Gasteiger partial charge in [-0.15, -0.1) is 10.2 Å². The summed E-state index contributed by atoms with van der Waals surface area (Å²) in [5, 5.41) is 26.1. The van der Waals surface area contributed by atoms with Crippen molar-refractivity contribution >= 4 is 17.6 Å². The second-order valence-corrected chi connectivity index (χ2v) is 9.29. The molecule has 10 nitrogen and oxygen atoms in total. The first kappa shape index (κ1) is 32.8. The second kappa shape index (κ2) is 14.3. The smallest absolute Gasteiger partial charge is 0.475 e. The average molecular weight is 584 g/mol. The first-order valence-electron chi connectivity index (χ1n) is 12.3. The number of carboxylic acid groups (broad SMARTS) is 2. The van der Waals surface area contributed by atoms with Crippen molar-refractivity contribution in [2.24, 2.45) is 5.73 Å². The fraction of sp³-hybridized carbons (Fsp3) is 0.583. The third-order valence-electron chi connectivity index (χ3n) is 6.18. The number of nitrogens with one attached hydrogen (secondary N) is 1. The van der Waals surface area contributed by atoms with Gasteiger partial charge in [0.1, 0.15) is 0 Å². The molecule has 1 aliphatic heterocycles. The number of anilines is 1. The third-order valence-corrected chi connectivity index (χ3v) is 6.18. The number of aromatic nitrogens is 2. The van der Waals surface area contributed by atoms with Gasteiger partial charge in [0.25, 0.3) is 0 Å². The number of alkyl halides is 6. The van der Waals surface area contributed by atoms with Crippen molar-refractivity contribution < 1.29 is 50.6 Å². The molecule has 3 atom stereocenters. The molecule has 4 rings (SSSR count). The van der Waals surface area contributed by atoms with Gasteiger partial charge < -0.3 is 30.6 Å². The summed E-state index contributed by atoms with van der Waals surface area (Å²) in [6, 6.07) is 9.77. The highest BCUT2D eigenvalue weighted by atomic mass is 19.4. The summed E-state index contributed by atoms with van der Waals surface area (Å²) in [4.78, 5) is 20.3. The molecule has 2 aromatic rings. The van der Waals surface area contributed by atoms with E-state index in [1.54, 1.807) is 0 Å².